The van der Waals surface area contributed by atoms with Crippen molar-refractivity contribution in [1.82, 2.24) is 0 Å². The summed E-state index contributed by atoms with van der Waals surface area (Å²) in [6.07, 6.45) is -0.147. The number of halogens is 2. The van der Waals surface area contributed by atoms with Crippen LogP contribution in [0.3, 0.4) is 0 Å². The van der Waals surface area contributed by atoms with Crippen molar-refractivity contribution in [3.63, 3.8) is 0 Å². The lowest BCUT2D eigenvalue weighted by Gasteiger charge is -2.12. The first-order valence-corrected chi connectivity index (χ1v) is 7.53. The molecule has 3 heteroatoms. The van der Waals surface area contributed by atoms with Crippen LogP contribution in [-0.2, 0) is 6.42 Å². The van der Waals surface area contributed by atoms with Crippen LogP contribution in [0.25, 0.3) is 10.8 Å². The molecule has 0 fully saturated rings. The van der Waals surface area contributed by atoms with E-state index in [-0.39, 0.29) is 5.82 Å². The Kier molecular flexibility index (Phi) is 4.04. The minimum Gasteiger partial charge on any atom is -0.388 e. The third kappa shape index (κ3) is 3.14. The number of hydrogen-bond acceptors (Lipinski definition) is 1. The van der Waals surface area contributed by atoms with E-state index in [1.807, 2.05) is 18.2 Å². The van der Waals surface area contributed by atoms with Gasteiger partial charge in [0.05, 0.1) is 10.6 Å². The van der Waals surface area contributed by atoms with Gasteiger partial charge in [-0.15, -0.1) is 0 Å². The largest absolute Gasteiger partial charge is 0.388 e. The summed E-state index contributed by atoms with van der Waals surface area (Å²) in [6.45, 7) is 0. The highest BCUT2D eigenvalue weighted by Crippen LogP contribution is 2.25. The van der Waals surface area contributed by atoms with Crippen LogP contribution in [-0.4, -0.2) is 5.11 Å². The van der Waals surface area contributed by atoms with E-state index in [0.717, 1.165) is 10.9 Å². The van der Waals surface area contributed by atoms with Crippen molar-refractivity contribution in [3.05, 3.63) is 82.1 Å². The number of aliphatic hydroxyl groups is 1. The third-order valence-corrected chi connectivity index (χ3v) is 4.18. The van der Waals surface area contributed by atoms with Crippen LogP contribution in [0, 0.1) is 5.82 Å². The van der Waals surface area contributed by atoms with Crippen molar-refractivity contribution in [3.8, 4) is 0 Å². The molecule has 0 spiro atoms. The molecule has 0 aliphatic heterocycles. The summed E-state index contributed by atoms with van der Waals surface area (Å²) in [7, 11) is 0. The highest BCUT2D eigenvalue weighted by Gasteiger charge is 2.11. The second-order valence-electron chi connectivity index (χ2n) is 5.07. The van der Waals surface area contributed by atoms with E-state index < -0.39 is 6.10 Å². The van der Waals surface area contributed by atoms with Crippen LogP contribution >= 0.6 is 15.9 Å². The van der Waals surface area contributed by atoms with E-state index in [1.165, 1.54) is 11.5 Å². The Morgan fingerprint density at radius 1 is 0.952 bits per heavy atom. The molecular weight excluding hydrogens is 331 g/mol. The lowest BCUT2D eigenvalue weighted by atomic mass is 9.99. The minimum absolute atomic E-state index is 0.323. The lowest BCUT2D eigenvalue weighted by molar-refractivity contribution is 0.178. The summed E-state index contributed by atoms with van der Waals surface area (Å²) in [6, 6.07) is 18.9. The molecule has 3 aromatic carbocycles. The Labute approximate surface area is 131 Å². The van der Waals surface area contributed by atoms with Gasteiger partial charge in [0.2, 0.25) is 0 Å². The van der Waals surface area contributed by atoms with Gasteiger partial charge in [-0.3, -0.25) is 0 Å². The fourth-order valence-electron chi connectivity index (χ4n) is 2.43. The van der Waals surface area contributed by atoms with Crippen molar-refractivity contribution in [2.45, 2.75) is 12.5 Å². The fourth-order valence-corrected chi connectivity index (χ4v) is 2.82. The van der Waals surface area contributed by atoms with Gasteiger partial charge in [0, 0.05) is 6.42 Å². The monoisotopic (exact) mass is 344 g/mol. The molecule has 1 atom stereocenters. The standard InChI is InChI=1S/C18H14BrFO/c19-16-11-15(7-8-17(16)20)18(21)10-12-5-6-13-3-1-2-4-14(13)9-12/h1-9,11,18,21H,10H2. The summed E-state index contributed by atoms with van der Waals surface area (Å²) in [5, 5.41) is 12.7. The Morgan fingerprint density at radius 3 is 2.48 bits per heavy atom. The molecule has 0 aliphatic rings. The maximum Gasteiger partial charge on any atom is 0.137 e. The quantitative estimate of drug-likeness (QED) is 0.707. The number of fused-ring (bicyclic) bond motifs is 1. The van der Waals surface area contributed by atoms with Gasteiger partial charge in [-0.1, -0.05) is 48.5 Å². The molecule has 0 radical (unpaired) electrons. The third-order valence-electron chi connectivity index (χ3n) is 3.57. The molecule has 106 valence electrons. The first-order chi connectivity index (χ1) is 10.1. The van der Waals surface area contributed by atoms with Gasteiger partial charge in [-0.2, -0.15) is 0 Å². The van der Waals surface area contributed by atoms with Gasteiger partial charge < -0.3 is 5.11 Å². The summed E-state index contributed by atoms with van der Waals surface area (Å²) in [5.41, 5.74) is 1.76. The second kappa shape index (κ2) is 5.96. The molecule has 21 heavy (non-hydrogen) atoms. The Morgan fingerprint density at radius 2 is 1.71 bits per heavy atom. The molecule has 0 saturated heterocycles. The molecule has 0 saturated carbocycles. The van der Waals surface area contributed by atoms with Gasteiger partial charge in [-0.25, -0.2) is 4.39 Å². The minimum atomic E-state index is -0.650. The molecule has 1 nitrogen and oxygen atoms in total. The predicted octanol–water partition coefficient (Wildman–Crippen LogP) is 5.02. The number of hydrogen-bond donors (Lipinski definition) is 1. The highest BCUT2D eigenvalue weighted by molar-refractivity contribution is 9.10. The first kappa shape index (κ1) is 14.2. The van der Waals surface area contributed by atoms with Crippen molar-refractivity contribution < 1.29 is 9.50 Å². The van der Waals surface area contributed by atoms with Crippen molar-refractivity contribution in [2.24, 2.45) is 0 Å². The van der Waals surface area contributed by atoms with E-state index in [4.69, 9.17) is 0 Å². The molecule has 0 amide bonds. The van der Waals surface area contributed by atoms with Gasteiger partial charge in [-0.05, 0) is 50.0 Å². The van der Waals surface area contributed by atoms with Crippen LogP contribution in [0.15, 0.2) is 65.1 Å². The zero-order valence-electron chi connectivity index (χ0n) is 11.3. The lowest BCUT2D eigenvalue weighted by Crippen LogP contribution is -2.02. The Hall–Kier alpha value is -1.71. The predicted molar refractivity (Wildman–Crippen MR) is 86.7 cm³/mol. The van der Waals surface area contributed by atoms with E-state index in [1.54, 1.807) is 12.1 Å². The van der Waals surface area contributed by atoms with E-state index in [9.17, 15) is 9.50 Å². The Bertz CT molecular complexity index is 785. The number of aliphatic hydroxyl groups excluding tert-OH is 1. The summed E-state index contributed by atoms with van der Waals surface area (Å²) >= 11 is 3.15. The summed E-state index contributed by atoms with van der Waals surface area (Å²) < 4.78 is 13.6. The van der Waals surface area contributed by atoms with Crippen molar-refractivity contribution in [1.29, 1.82) is 0 Å². The molecule has 0 heterocycles. The molecule has 3 rings (SSSR count). The molecule has 1 N–H and O–H groups in total. The van der Waals surface area contributed by atoms with E-state index in [0.29, 0.717) is 16.5 Å². The van der Waals surface area contributed by atoms with Gasteiger partial charge in [0.15, 0.2) is 0 Å². The van der Waals surface area contributed by atoms with Crippen LogP contribution in [0.2, 0.25) is 0 Å². The topological polar surface area (TPSA) is 20.2 Å². The van der Waals surface area contributed by atoms with Crippen molar-refractivity contribution >= 4 is 26.7 Å². The van der Waals surface area contributed by atoms with E-state index in [2.05, 4.69) is 40.2 Å². The SMILES string of the molecule is OC(Cc1ccc2ccccc2c1)c1ccc(F)c(Br)c1. The molecule has 0 aromatic heterocycles. The molecule has 0 bridgehead atoms. The van der Waals surface area contributed by atoms with Crippen LogP contribution in [0.1, 0.15) is 17.2 Å². The van der Waals surface area contributed by atoms with Crippen LogP contribution < -0.4 is 0 Å². The maximum atomic E-state index is 13.2. The van der Waals surface area contributed by atoms with Crippen LogP contribution in [0.5, 0.6) is 0 Å². The highest BCUT2D eigenvalue weighted by atomic mass is 79.9. The average molecular weight is 345 g/mol. The molecule has 0 aliphatic carbocycles. The smallest absolute Gasteiger partial charge is 0.137 e. The average Bonchev–Trinajstić information content (AvgIpc) is 2.50. The first-order valence-electron chi connectivity index (χ1n) is 6.74. The van der Waals surface area contributed by atoms with Gasteiger partial charge in [0.1, 0.15) is 5.82 Å². The van der Waals surface area contributed by atoms with Crippen molar-refractivity contribution in [2.75, 3.05) is 0 Å². The fraction of sp³-hybridized carbons (Fsp3) is 0.111. The molecular formula is C18H14BrFO. The maximum absolute atomic E-state index is 13.2. The van der Waals surface area contributed by atoms with Gasteiger partial charge >= 0.3 is 0 Å². The van der Waals surface area contributed by atoms with Gasteiger partial charge in [0.25, 0.3) is 0 Å². The van der Waals surface area contributed by atoms with E-state index >= 15 is 0 Å². The molecule has 1 unspecified atom stereocenters. The zero-order chi connectivity index (χ0) is 14.8. The van der Waals surface area contributed by atoms with Crippen LogP contribution in [0.4, 0.5) is 4.39 Å². The summed E-state index contributed by atoms with van der Waals surface area (Å²) in [4.78, 5) is 0. The molecule has 3 aromatic rings. The zero-order valence-corrected chi connectivity index (χ0v) is 12.8. The second-order valence-corrected chi connectivity index (χ2v) is 5.93. The Balaban J connectivity index is 1.85. The normalized spacial score (nSPS) is 12.5. The number of benzene rings is 3. The number of rotatable bonds is 3. The summed E-state index contributed by atoms with van der Waals surface area (Å²) in [5.74, 6) is -0.323.